The van der Waals surface area contributed by atoms with Crippen molar-refractivity contribution in [2.24, 2.45) is 0 Å². The van der Waals surface area contributed by atoms with E-state index in [0.717, 1.165) is 24.5 Å². The number of ether oxygens (including phenoxy) is 1. The number of halogens is 1. The highest BCUT2D eigenvalue weighted by Crippen LogP contribution is 2.28. The molecule has 0 spiro atoms. The highest BCUT2D eigenvalue weighted by Gasteiger charge is 2.08. The third kappa shape index (κ3) is 4.13. The lowest BCUT2D eigenvalue weighted by atomic mass is 10.1. The molecule has 0 aliphatic rings. The smallest absolute Gasteiger partial charge is 0.142 e. The van der Waals surface area contributed by atoms with E-state index in [1.165, 1.54) is 9.13 Å². The van der Waals surface area contributed by atoms with Crippen LogP contribution in [0.1, 0.15) is 31.9 Å². The third-order valence-corrected chi connectivity index (χ3v) is 3.81. The van der Waals surface area contributed by atoms with Gasteiger partial charge in [-0.3, -0.25) is 0 Å². The monoisotopic (exact) mass is 381 g/mol. The van der Waals surface area contributed by atoms with E-state index in [2.05, 4.69) is 72.1 Å². The second kappa shape index (κ2) is 7.53. The topological polar surface area (TPSA) is 21.3 Å². The molecule has 20 heavy (non-hydrogen) atoms. The zero-order valence-corrected chi connectivity index (χ0v) is 14.1. The highest BCUT2D eigenvalue weighted by atomic mass is 127. The molecule has 2 aromatic carbocycles. The van der Waals surface area contributed by atoms with Crippen molar-refractivity contribution in [1.29, 1.82) is 0 Å². The Balaban J connectivity index is 2.10. The molecule has 3 heteroatoms. The minimum Gasteiger partial charge on any atom is -0.491 e. The number of rotatable bonds is 6. The van der Waals surface area contributed by atoms with Gasteiger partial charge in [-0.25, -0.2) is 0 Å². The summed E-state index contributed by atoms with van der Waals surface area (Å²) in [5.74, 6) is 0.923. The van der Waals surface area contributed by atoms with Gasteiger partial charge in [0.1, 0.15) is 5.75 Å². The van der Waals surface area contributed by atoms with Crippen molar-refractivity contribution in [3.05, 3.63) is 57.7 Å². The van der Waals surface area contributed by atoms with E-state index >= 15 is 0 Å². The number of hydrogen-bond acceptors (Lipinski definition) is 2. The molecule has 2 nitrogen and oxygen atoms in total. The van der Waals surface area contributed by atoms with Gasteiger partial charge in [-0.05, 0) is 65.8 Å². The van der Waals surface area contributed by atoms with E-state index in [1.54, 1.807) is 0 Å². The van der Waals surface area contributed by atoms with Gasteiger partial charge in [-0.1, -0.05) is 31.2 Å². The highest BCUT2D eigenvalue weighted by molar-refractivity contribution is 14.1. The molecule has 2 aromatic rings. The van der Waals surface area contributed by atoms with Crippen LogP contribution in [-0.4, -0.2) is 6.61 Å². The first-order valence-electron chi connectivity index (χ1n) is 6.94. The molecule has 0 aliphatic carbocycles. The van der Waals surface area contributed by atoms with Crippen molar-refractivity contribution in [3.8, 4) is 5.75 Å². The standard InChI is InChI=1S/C17H20INO/c1-3-12-20-17-7-5-4-6-16(17)19-13(2)14-8-10-15(18)11-9-14/h4-11,13,19H,3,12H2,1-2H3. The number of hydrogen-bond donors (Lipinski definition) is 1. The van der Waals surface area contributed by atoms with Crippen molar-refractivity contribution < 1.29 is 4.74 Å². The fourth-order valence-corrected chi connectivity index (χ4v) is 2.35. The number of para-hydroxylation sites is 2. The SMILES string of the molecule is CCCOc1ccccc1NC(C)c1ccc(I)cc1. The summed E-state index contributed by atoms with van der Waals surface area (Å²) in [6.07, 6.45) is 1.01. The summed E-state index contributed by atoms with van der Waals surface area (Å²) in [4.78, 5) is 0. The van der Waals surface area contributed by atoms with Crippen LogP contribution in [0.4, 0.5) is 5.69 Å². The zero-order valence-electron chi connectivity index (χ0n) is 11.9. The maximum atomic E-state index is 5.78. The molecule has 0 aliphatic heterocycles. The molecule has 0 aromatic heterocycles. The van der Waals surface area contributed by atoms with Crippen molar-refractivity contribution in [3.63, 3.8) is 0 Å². The Morgan fingerprint density at radius 1 is 1.10 bits per heavy atom. The minimum atomic E-state index is 0.248. The Kier molecular flexibility index (Phi) is 5.71. The Morgan fingerprint density at radius 2 is 1.80 bits per heavy atom. The molecule has 106 valence electrons. The summed E-state index contributed by atoms with van der Waals surface area (Å²) in [7, 11) is 0. The van der Waals surface area contributed by atoms with Crippen molar-refractivity contribution in [2.75, 3.05) is 11.9 Å². The molecule has 0 fully saturated rings. The summed E-state index contributed by atoms with van der Waals surface area (Å²) in [5.41, 5.74) is 2.32. The van der Waals surface area contributed by atoms with Crippen LogP contribution in [-0.2, 0) is 0 Å². The third-order valence-electron chi connectivity index (χ3n) is 3.09. The van der Waals surface area contributed by atoms with E-state index in [0.29, 0.717) is 0 Å². The van der Waals surface area contributed by atoms with Crippen LogP contribution in [0.3, 0.4) is 0 Å². The molecular weight excluding hydrogens is 361 g/mol. The lowest BCUT2D eigenvalue weighted by Crippen LogP contribution is -2.08. The Labute approximate surface area is 134 Å². The molecule has 0 amide bonds. The molecule has 2 rings (SSSR count). The van der Waals surface area contributed by atoms with Gasteiger partial charge in [0.2, 0.25) is 0 Å². The van der Waals surface area contributed by atoms with Crippen LogP contribution < -0.4 is 10.1 Å². The van der Waals surface area contributed by atoms with E-state index in [9.17, 15) is 0 Å². The molecule has 0 radical (unpaired) electrons. The van der Waals surface area contributed by atoms with Gasteiger partial charge < -0.3 is 10.1 Å². The zero-order chi connectivity index (χ0) is 14.4. The maximum absolute atomic E-state index is 5.78. The van der Waals surface area contributed by atoms with Crippen molar-refractivity contribution >= 4 is 28.3 Å². The summed E-state index contributed by atoms with van der Waals surface area (Å²) in [6, 6.07) is 16.9. The summed E-state index contributed by atoms with van der Waals surface area (Å²) < 4.78 is 7.03. The molecule has 0 saturated carbocycles. The largest absolute Gasteiger partial charge is 0.491 e. The predicted molar refractivity (Wildman–Crippen MR) is 93.4 cm³/mol. The van der Waals surface area contributed by atoms with Gasteiger partial charge in [0.25, 0.3) is 0 Å². The minimum absolute atomic E-state index is 0.248. The van der Waals surface area contributed by atoms with Crippen LogP contribution >= 0.6 is 22.6 Å². The van der Waals surface area contributed by atoms with Gasteiger partial charge in [0, 0.05) is 9.61 Å². The van der Waals surface area contributed by atoms with Crippen LogP contribution in [0.2, 0.25) is 0 Å². The molecule has 1 atom stereocenters. The molecule has 1 N–H and O–H groups in total. The summed E-state index contributed by atoms with van der Waals surface area (Å²) in [6.45, 7) is 5.03. The first-order chi connectivity index (χ1) is 9.70. The summed E-state index contributed by atoms with van der Waals surface area (Å²) >= 11 is 2.32. The molecule has 0 heterocycles. The van der Waals surface area contributed by atoms with Crippen LogP contribution in [0.15, 0.2) is 48.5 Å². The van der Waals surface area contributed by atoms with Crippen molar-refractivity contribution in [1.82, 2.24) is 0 Å². The quantitative estimate of drug-likeness (QED) is 0.690. The Hall–Kier alpha value is -1.23. The van der Waals surface area contributed by atoms with Gasteiger partial charge in [-0.15, -0.1) is 0 Å². The summed E-state index contributed by atoms with van der Waals surface area (Å²) in [5, 5.41) is 3.53. The Bertz CT molecular complexity index is 539. The van der Waals surface area contributed by atoms with E-state index in [4.69, 9.17) is 4.74 Å². The second-order valence-corrected chi connectivity index (χ2v) is 6.01. The van der Waals surface area contributed by atoms with Gasteiger partial charge in [-0.2, -0.15) is 0 Å². The van der Waals surface area contributed by atoms with Crippen LogP contribution in [0.5, 0.6) is 5.75 Å². The predicted octanol–water partition coefficient (Wildman–Crippen LogP) is 5.25. The number of nitrogens with one attached hydrogen (secondary N) is 1. The van der Waals surface area contributed by atoms with E-state index < -0.39 is 0 Å². The molecule has 1 unspecified atom stereocenters. The Morgan fingerprint density at radius 3 is 2.50 bits per heavy atom. The normalized spacial score (nSPS) is 11.9. The molecular formula is C17H20INO. The van der Waals surface area contributed by atoms with Gasteiger partial charge in [0.15, 0.2) is 0 Å². The lowest BCUT2D eigenvalue weighted by Gasteiger charge is -2.18. The van der Waals surface area contributed by atoms with Gasteiger partial charge >= 0.3 is 0 Å². The second-order valence-electron chi connectivity index (χ2n) is 4.76. The first-order valence-corrected chi connectivity index (χ1v) is 8.02. The van der Waals surface area contributed by atoms with E-state index in [1.807, 2.05) is 18.2 Å². The van der Waals surface area contributed by atoms with Gasteiger partial charge in [0.05, 0.1) is 12.3 Å². The first kappa shape index (κ1) is 15.2. The molecule has 0 saturated heterocycles. The van der Waals surface area contributed by atoms with Crippen LogP contribution in [0, 0.1) is 3.57 Å². The fourth-order valence-electron chi connectivity index (χ4n) is 1.99. The number of anilines is 1. The number of benzene rings is 2. The average Bonchev–Trinajstić information content (AvgIpc) is 2.47. The van der Waals surface area contributed by atoms with Crippen molar-refractivity contribution in [2.45, 2.75) is 26.3 Å². The fraction of sp³-hybridized carbons (Fsp3) is 0.294. The van der Waals surface area contributed by atoms with E-state index in [-0.39, 0.29) is 6.04 Å². The maximum Gasteiger partial charge on any atom is 0.142 e. The average molecular weight is 381 g/mol. The lowest BCUT2D eigenvalue weighted by molar-refractivity contribution is 0.318. The van der Waals surface area contributed by atoms with Crippen LogP contribution in [0.25, 0.3) is 0 Å². The molecule has 0 bridgehead atoms.